The maximum Gasteiger partial charge on any atom is 0.140 e. The summed E-state index contributed by atoms with van der Waals surface area (Å²) in [5.74, 6) is 0. The first-order chi connectivity index (χ1) is 8.25. The van der Waals surface area contributed by atoms with Crippen LogP contribution in [0.2, 0.25) is 0 Å². The number of aromatic nitrogens is 3. The number of nitrogens with zero attached hydrogens (tertiary/aromatic N) is 3. The fourth-order valence-electron chi connectivity index (χ4n) is 2.12. The number of hydrogen-bond acceptors (Lipinski definition) is 2. The molecule has 0 N–H and O–H groups in total. The van der Waals surface area contributed by atoms with Gasteiger partial charge >= 0.3 is 0 Å². The highest BCUT2D eigenvalue weighted by atomic mass is 15.0. The van der Waals surface area contributed by atoms with E-state index in [9.17, 15) is 0 Å². The summed E-state index contributed by atoms with van der Waals surface area (Å²) in [6.45, 7) is 2.06. The van der Waals surface area contributed by atoms with Crippen LogP contribution in [0, 0.1) is 6.92 Å². The minimum Gasteiger partial charge on any atom is -0.335 e. The fraction of sp³-hybridized carbons (Fsp3) is 0.143. The van der Waals surface area contributed by atoms with E-state index in [-0.39, 0.29) is 0 Å². The first-order valence-electron chi connectivity index (χ1n) is 5.58. The highest BCUT2D eigenvalue weighted by Crippen LogP contribution is 2.28. The maximum atomic E-state index is 4.47. The summed E-state index contributed by atoms with van der Waals surface area (Å²) in [5.41, 5.74) is 4.50. The topological polar surface area (TPSA) is 30.7 Å². The highest BCUT2D eigenvalue weighted by molar-refractivity contribution is 5.94. The number of aryl methyl sites for hydroxylation is 2. The molecule has 0 aromatic carbocycles. The third-order valence-electron chi connectivity index (χ3n) is 2.92. The Bertz CT molecular complexity index is 669. The first-order valence-corrected chi connectivity index (χ1v) is 5.58. The van der Waals surface area contributed by atoms with Gasteiger partial charge in [-0.3, -0.25) is 4.98 Å². The van der Waals surface area contributed by atoms with Gasteiger partial charge in [-0.15, -0.1) is 0 Å². The SMILES string of the molecule is Cc1cnc2c(c1)c(-c1cccnc1)cn2C. The van der Waals surface area contributed by atoms with E-state index in [0.29, 0.717) is 0 Å². The summed E-state index contributed by atoms with van der Waals surface area (Å²) in [5, 5.41) is 1.18. The van der Waals surface area contributed by atoms with E-state index in [0.717, 1.165) is 11.2 Å². The van der Waals surface area contributed by atoms with Crippen molar-refractivity contribution in [2.45, 2.75) is 6.92 Å². The Balaban J connectivity index is 2.34. The van der Waals surface area contributed by atoms with Crippen molar-refractivity contribution in [3.05, 3.63) is 48.5 Å². The normalized spacial score (nSPS) is 10.9. The van der Waals surface area contributed by atoms with Crippen molar-refractivity contribution in [1.29, 1.82) is 0 Å². The van der Waals surface area contributed by atoms with Crippen molar-refractivity contribution in [2.75, 3.05) is 0 Å². The Morgan fingerprint density at radius 1 is 1.24 bits per heavy atom. The second-order valence-corrected chi connectivity index (χ2v) is 4.28. The Labute approximate surface area is 99.8 Å². The van der Waals surface area contributed by atoms with Gasteiger partial charge in [-0.25, -0.2) is 4.98 Å². The lowest BCUT2D eigenvalue weighted by Gasteiger charge is -1.98. The largest absolute Gasteiger partial charge is 0.335 e. The lowest BCUT2D eigenvalue weighted by atomic mass is 10.1. The average molecular weight is 223 g/mol. The van der Waals surface area contributed by atoms with Gasteiger partial charge in [-0.05, 0) is 24.6 Å². The Kier molecular flexibility index (Phi) is 2.18. The van der Waals surface area contributed by atoms with E-state index in [1.807, 2.05) is 25.5 Å². The van der Waals surface area contributed by atoms with E-state index >= 15 is 0 Å². The molecule has 0 amide bonds. The summed E-state index contributed by atoms with van der Waals surface area (Å²) < 4.78 is 2.05. The molecule has 3 heterocycles. The Hall–Kier alpha value is -2.16. The van der Waals surface area contributed by atoms with Crippen LogP contribution in [0.5, 0.6) is 0 Å². The molecule has 17 heavy (non-hydrogen) atoms. The zero-order chi connectivity index (χ0) is 11.8. The van der Waals surface area contributed by atoms with Gasteiger partial charge in [0.1, 0.15) is 5.65 Å². The molecule has 0 aliphatic carbocycles. The van der Waals surface area contributed by atoms with Crippen molar-refractivity contribution in [3.63, 3.8) is 0 Å². The van der Waals surface area contributed by atoms with Gasteiger partial charge in [-0.1, -0.05) is 6.07 Å². The second kappa shape index (κ2) is 3.70. The molecule has 0 atom stereocenters. The molecule has 0 spiro atoms. The lowest BCUT2D eigenvalue weighted by Crippen LogP contribution is -1.87. The van der Waals surface area contributed by atoms with Crippen molar-refractivity contribution < 1.29 is 0 Å². The van der Waals surface area contributed by atoms with Crippen LogP contribution in [0.3, 0.4) is 0 Å². The summed E-state index contributed by atoms with van der Waals surface area (Å²) in [7, 11) is 2.02. The third-order valence-corrected chi connectivity index (χ3v) is 2.92. The van der Waals surface area contributed by atoms with Crippen LogP contribution in [0.15, 0.2) is 43.0 Å². The van der Waals surface area contributed by atoms with Crippen molar-refractivity contribution in [3.8, 4) is 11.1 Å². The first kappa shape index (κ1) is 10.0. The van der Waals surface area contributed by atoms with E-state index < -0.39 is 0 Å². The predicted octanol–water partition coefficient (Wildman–Crippen LogP) is 2.94. The minimum absolute atomic E-state index is 1.01. The van der Waals surface area contributed by atoms with Gasteiger partial charge in [0.05, 0.1) is 0 Å². The van der Waals surface area contributed by atoms with Gasteiger partial charge in [0, 0.05) is 48.3 Å². The van der Waals surface area contributed by atoms with Gasteiger partial charge in [-0.2, -0.15) is 0 Å². The minimum atomic E-state index is 1.01. The van der Waals surface area contributed by atoms with E-state index in [2.05, 4.69) is 39.8 Å². The van der Waals surface area contributed by atoms with Crippen LogP contribution >= 0.6 is 0 Å². The molecule has 3 heteroatoms. The van der Waals surface area contributed by atoms with Crippen LogP contribution in [-0.4, -0.2) is 14.5 Å². The Morgan fingerprint density at radius 2 is 2.12 bits per heavy atom. The number of fused-ring (bicyclic) bond motifs is 1. The lowest BCUT2D eigenvalue weighted by molar-refractivity contribution is 0.948. The van der Waals surface area contributed by atoms with E-state index in [1.165, 1.54) is 16.5 Å². The van der Waals surface area contributed by atoms with Gasteiger partial charge in [0.2, 0.25) is 0 Å². The zero-order valence-corrected chi connectivity index (χ0v) is 9.88. The summed E-state index contributed by atoms with van der Waals surface area (Å²) in [6.07, 6.45) is 7.68. The number of pyridine rings is 2. The van der Waals surface area contributed by atoms with Gasteiger partial charge in [0.25, 0.3) is 0 Å². The van der Waals surface area contributed by atoms with Gasteiger partial charge < -0.3 is 4.57 Å². The maximum absolute atomic E-state index is 4.47. The molecule has 3 aromatic rings. The Morgan fingerprint density at radius 3 is 2.88 bits per heavy atom. The molecular formula is C14H13N3. The van der Waals surface area contributed by atoms with Crippen molar-refractivity contribution >= 4 is 11.0 Å². The second-order valence-electron chi connectivity index (χ2n) is 4.28. The van der Waals surface area contributed by atoms with E-state index in [1.54, 1.807) is 6.20 Å². The summed E-state index contributed by atoms with van der Waals surface area (Å²) >= 11 is 0. The highest BCUT2D eigenvalue weighted by Gasteiger charge is 2.09. The summed E-state index contributed by atoms with van der Waals surface area (Å²) in [6, 6.07) is 6.20. The van der Waals surface area contributed by atoms with Crippen LogP contribution in [0.1, 0.15) is 5.56 Å². The quantitative estimate of drug-likeness (QED) is 0.635. The van der Waals surface area contributed by atoms with Crippen LogP contribution in [0.4, 0.5) is 0 Å². The molecule has 3 rings (SSSR count). The third kappa shape index (κ3) is 1.60. The molecule has 0 aliphatic rings. The summed E-state index contributed by atoms with van der Waals surface area (Å²) in [4.78, 5) is 8.64. The van der Waals surface area contributed by atoms with Crippen LogP contribution in [0.25, 0.3) is 22.2 Å². The average Bonchev–Trinajstić information content (AvgIpc) is 2.67. The van der Waals surface area contributed by atoms with Crippen molar-refractivity contribution in [2.24, 2.45) is 7.05 Å². The van der Waals surface area contributed by atoms with E-state index in [4.69, 9.17) is 0 Å². The number of rotatable bonds is 1. The molecule has 0 saturated carbocycles. The molecule has 3 nitrogen and oxygen atoms in total. The zero-order valence-electron chi connectivity index (χ0n) is 9.88. The predicted molar refractivity (Wildman–Crippen MR) is 68.7 cm³/mol. The van der Waals surface area contributed by atoms with Gasteiger partial charge in [0.15, 0.2) is 0 Å². The standard InChI is InChI=1S/C14H13N3/c1-10-6-12-13(11-4-3-5-15-8-11)9-17(2)14(12)16-7-10/h3-9H,1-2H3. The molecule has 0 saturated heterocycles. The van der Waals surface area contributed by atoms with Crippen LogP contribution < -0.4 is 0 Å². The molecular weight excluding hydrogens is 210 g/mol. The monoisotopic (exact) mass is 223 g/mol. The number of hydrogen-bond donors (Lipinski definition) is 0. The molecule has 0 radical (unpaired) electrons. The molecule has 0 bridgehead atoms. The molecule has 84 valence electrons. The molecule has 0 fully saturated rings. The molecule has 0 unspecified atom stereocenters. The molecule has 0 aliphatic heterocycles. The smallest absolute Gasteiger partial charge is 0.140 e. The van der Waals surface area contributed by atoms with Crippen LogP contribution in [-0.2, 0) is 7.05 Å². The molecule has 3 aromatic heterocycles. The van der Waals surface area contributed by atoms with Crippen molar-refractivity contribution in [1.82, 2.24) is 14.5 Å². The fourth-order valence-corrected chi connectivity index (χ4v) is 2.12.